The predicted molar refractivity (Wildman–Crippen MR) is 252 cm³/mol. The molecule has 0 amide bonds. The quantitative estimate of drug-likeness (QED) is 0.162. The Bertz CT molecular complexity index is 3350. The first-order valence-corrected chi connectivity index (χ1v) is 20.9. The largest absolute Gasteiger partial charge is 0.310 e. The molecule has 12 rings (SSSR count). The van der Waals surface area contributed by atoms with Crippen LogP contribution in [0, 0.1) is 0 Å². The van der Waals surface area contributed by atoms with Gasteiger partial charge in [-0.1, -0.05) is 179 Å². The number of rotatable bonds is 4. The number of hydrogen-bond donors (Lipinski definition) is 0. The van der Waals surface area contributed by atoms with Crippen molar-refractivity contribution in [3.63, 3.8) is 0 Å². The molecule has 0 saturated carbocycles. The van der Waals surface area contributed by atoms with Gasteiger partial charge in [-0.3, -0.25) is 0 Å². The van der Waals surface area contributed by atoms with Gasteiger partial charge in [-0.15, -0.1) is 0 Å². The molecule has 0 atom stereocenters. The summed E-state index contributed by atoms with van der Waals surface area (Å²) in [5.74, 6) is 0. The molecule has 0 spiro atoms. The Labute approximate surface area is 345 Å². The third-order valence-corrected chi connectivity index (χ3v) is 13.8. The molecule has 1 heteroatoms. The van der Waals surface area contributed by atoms with E-state index in [0.717, 1.165) is 17.1 Å². The van der Waals surface area contributed by atoms with Crippen LogP contribution in [0.1, 0.15) is 49.9 Å². The minimum absolute atomic E-state index is 0.129. The van der Waals surface area contributed by atoms with E-state index in [1.54, 1.807) is 0 Å². The maximum atomic E-state index is 2.51. The van der Waals surface area contributed by atoms with Crippen molar-refractivity contribution < 1.29 is 0 Å². The molecule has 10 aromatic rings. The zero-order valence-electron chi connectivity index (χ0n) is 33.8. The van der Waals surface area contributed by atoms with Gasteiger partial charge in [-0.05, 0) is 135 Å². The van der Waals surface area contributed by atoms with Crippen molar-refractivity contribution in [1.29, 1.82) is 0 Å². The van der Waals surface area contributed by atoms with E-state index in [4.69, 9.17) is 0 Å². The highest BCUT2D eigenvalue weighted by molar-refractivity contribution is 6.26. The topological polar surface area (TPSA) is 3.24 Å². The van der Waals surface area contributed by atoms with E-state index in [1.165, 1.54) is 98.7 Å². The summed E-state index contributed by atoms with van der Waals surface area (Å²) in [6, 6.07) is 70.7. The number of anilines is 3. The van der Waals surface area contributed by atoms with Gasteiger partial charge < -0.3 is 4.90 Å². The fraction of sp³-hybridized carbons (Fsp3) is 0.103. The van der Waals surface area contributed by atoms with Gasteiger partial charge in [0.2, 0.25) is 0 Å². The van der Waals surface area contributed by atoms with Crippen LogP contribution < -0.4 is 4.90 Å². The third kappa shape index (κ3) is 4.79. The molecule has 0 fully saturated rings. The van der Waals surface area contributed by atoms with Gasteiger partial charge in [-0.25, -0.2) is 0 Å². The van der Waals surface area contributed by atoms with E-state index >= 15 is 0 Å². The fourth-order valence-electron chi connectivity index (χ4n) is 10.9. The van der Waals surface area contributed by atoms with Crippen molar-refractivity contribution in [3.05, 3.63) is 210 Å². The third-order valence-electron chi connectivity index (χ3n) is 13.8. The maximum Gasteiger partial charge on any atom is 0.0468 e. The van der Waals surface area contributed by atoms with Gasteiger partial charge in [0.05, 0.1) is 0 Å². The first-order chi connectivity index (χ1) is 28.8. The van der Waals surface area contributed by atoms with Crippen LogP contribution in [0.3, 0.4) is 0 Å². The van der Waals surface area contributed by atoms with E-state index in [2.05, 4.69) is 221 Å². The van der Waals surface area contributed by atoms with Crippen molar-refractivity contribution >= 4 is 60.2 Å². The summed E-state index contributed by atoms with van der Waals surface area (Å²) in [5.41, 5.74) is 16.4. The van der Waals surface area contributed by atoms with Crippen LogP contribution in [0.2, 0.25) is 0 Å². The molecule has 0 bridgehead atoms. The van der Waals surface area contributed by atoms with E-state index in [1.807, 2.05) is 0 Å². The lowest BCUT2D eigenvalue weighted by atomic mass is 9.67. The molecule has 0 saturated heterocycles. The lowest BCUT2D eigenvalue weighted by Crippen LogP contribution is -2.24. The summed E-state index contributed by atoms with van der Waals surface area (Å²) in [7, 11) is 0. The number of hydrogen-bond acceptors (Lipinski definition) is 1. The van der Waals surface area contributed by atoms with Crippen molar-refractivity contribution in [1.82, 2.24) is 0 Å². The highest BCUT2D eigenvalue weighted by atomic mass is 15.1. The Balaban J connectivity index is 1.15. The van der Waals surface area contributed by atoms with Crippen LogP contribution in [0.25, 0.3) is 76.5 Å². The second-order valence-corrected chi connectivity index (χ2v) is 17.7. The highest BCUT2D eigenvalue weighted by Crippen LogP contribution is 2.55. The summed E-state index contributed by atoms with van der Waals surface area (Å²) in [4.78, 5) is 2.51. The van der Waals surface area contributed by atoms with Crippen LogP contribution in [-0.2, 0) is 10.8 Å². The Hall–Kier alpha value is -6.96. The SMILES string of the molecule is CC1(C)c2ccccc2-c2ccc(N(c3ccc4c(c3)-c3c(-c5ccccc5)ccc5cccc(c35)C4(C)C)c3ccc4c5ccccc5c5ccccc5c4c3)cc21. The molecule has 280 valence electrons. The van der Waals surface area contributed by atoms with Crippen LogP contribution >= 0.6 is 0 Å². The summed E-state index contributed by atoms with van der Waals surface area (Å²) in [6.07, 6.45) is 0. The first kappa shape index (κ1) is 34.1. The Kier molecular flexibility index (Phi) is 7.10. The van der Waals surface area contributed by atoms with E-state index in [-0.39, 0.29) is 10.8 Å². The van der Waals surface area contributed by atoms with Crippen LogP contribution in [-0.4, -0.2) is 0 Å². The lowest BCUT2D eigenvalue weighted by molar-refractivity contribution is 0.645. The first-order valence-electron chi connectivity index (χ1n) is 20.9. The van der Waals surface area contributed by atoms with Gasteiger partial charge in [0.1, 0.15) is 0 Å². The fourth-order valence-corrected chi connectivity index (χ4v) is 10.9. The standard InChI is InChI=1S/C58H43N/c1-57(2)52-32-28-39(34-50(52)56-41(36-15-6-5-7-16-36)29-25-37-17-14-24-53(57)55(37)56)59(40-27-31-48-47-22-12-13-23-51(47)58(3,4)54(48)35-40)38-26-30-46-44-20-9-8-18-42(44)43-19-10-11-21-45(43)49(46)33-38/h5-35H,1-4H3. The summed E-state index contributed by atoms with van der Waals surface area (Å²) >= 11 is 0. The van der Waals surface area contributed by atoms with Crippen molar-refractivity contribution in [2.24, 2.45) is 0 Å². The lowest BCUT2D eigenvalue weighted by Gasteiger charge is -2.37. The molecular weight excluding hydrogens is 711 g/mol. The summed E-state index contributed by atoms with van der Waals surface area (Å²) < 4.78 is 0. The minimum Gasteiger partial charge on any atom is -0.310 e. The van der Waals surface area contributed by atoms with Gasteiger partial charge in [-0.2, -0.15) is 0 Å². The van der Waals surface area contributed by atoms with E-state index in [9.17, 15) is 0 Å². The molecule has 10 aromatic carbocycles. The van der Waals surface area contributed by atoms with Gasteiger partial charge in [0.25, 0.3) is 0 Å². The zero-order chi connectivity index (χ0) is 39.6. The molecule has 0 heterocycles. The molecule has 0 N–H and O–H groups in total. The Morgan fingerprint density at radius 2 is 0.847 bits per heavy atom. The molecule has 0 aromatic heterocycles. The molecule has 0 aliphatic heterocycles. The molecule has 1 nitrogen and oxygen atoms in total. The van der Waals surface area contributed by atoms with Crippen LogP contribution in [0.15, 0.2) is 188 Å². The van der Waals surface area contributed by atoms with Crippen LogP contribution in [0.5, 0.6) is 0 Å². The minimum atomic E-state index is -0.188. The average molecular weight is 754 g/mol. The number of fused-ring (bicyclic) bond motifs is 11. The van der Waals surface area contributed by atoms with Crippen molar-refractivity contribution in [3.8, 4) is 33.4 Å². The van der Waals surface area contributed by atoms with E-state index in [0.29, 0.717) is 0 Å². The average Bonchev–Trinajstić information content (AvgIpc) is 3.51. The predicted octanol–water partition coefficient (Wildman–Crippen LogP) is 16.0. The Morgan fingerprint density at radius 3 is 1.61 bits per heavy atom. The van der Waals surface area contributed by atoms with Crippen LogP contribution in [0.4, 0.5) is 17.1 Å². The molecule has 0 unspecified atom stereocenters. The van der Waals surface area contributed by atoms with Gasteiger partial charge in [0, 0.05) is 27.9 Å². The molecule has 2 aliphatic carbocycles. The van der Waals surface area contributed by atoms with Crippen molar-refractivity contribution in [2.45, 2.75) is 38.5 Å². The number of benzene rings is 10. The van der Waals surface area contributed by atoms with Gasteiger partial charge in [0.15, 0.2) is 0 Å². The Morgan fingerprint density at radius 1 is 0.322 bits per heavy atom. The molecule has 2 aliphatic rings. The molecular formula is C58H43N. The maximum absolute atomic E-state index is 2.51. The number of nitrogens with zero attached hydrogens (tertiary/aromatic N) is 1. The summed E-state index contributed by atoms with van der Waals surface area (Å²) in [5, 5.41) is 10.3. The summed E-state index contributed by atoms with van der Waals surface area (Å²) in [6.45, 7) is 9.55. The zero-order valence-corrected chi connectivity index (χ0v) is 33.8. The molecule has 59 heavy (non-hydrogen) atoms. The monoisotopic (exact) mass is 753 g/mol. The second-order valence-electron chi connectivity index (χ2n) is 17.7. The smallest absolute Gasteiger partial charge is 0.0468 e. The van der Waals surface area contributed by atoms with Crippen molar-refractivity contribution in [2.75, 3.05) is 4.90 Å². The normalized spacial score (nSPS) is 14.4. The van der Waals surface area contributed by atoms with E-state index < -0.39 is 0 Å². The highest BCUT2D eigenvalue weighted by Gasteiger charge is 2.37. The van der Waals surface area contributed by atoms with Gasteiger partial charge >= 0.3 is 0 Å². The molecule has 0 radical (unpaired) electrons. The second kappa shape index (κ2) is 12.3.